The molecular formula is C19H14F4N2O4. The molecule has 0 amide bonds. The maximum Gasteiger partial charge on any atom is 0.387 e. The van der Waals surface area contributed by atoms with Crippen molar-refractivity contribution in [2.45, 2.75) is 20.1 Å². The molecule has 0 unspecified atom stereocenters. The van der Waals surface area contributed by atoms with Crippen LogP contribution in [0.2, 0.25) is 0 Å². The maximum atomic E-state index is 14.3. The Hall–Kier alpha value is -3.43. The Morgan fingerprint density at radius 3 is 2.66 bits per heavy atom. The highest BCUT2D eigenvalue weighted by Gasteiger charge is 2.25. The van der Waals surface area contributed by atoms with Crippen molar-refractivity contribution in [1.29, 1.82) is 0 Å². The first kappa shape index (κ1) is 20.3. The molecule has 2 aromatic heterocycles. The molecule has 0 fully saturated rings. The van der Waals surface area contributed by atoms with Gasteiger partial charge in [-0.1, -0.05) is 6.07 Å². The Morgan fingerprint density at radius 1 is 1.28 bits per heavy atom. The van der Waals surface area contributed by atoms with E-state index in [1.807, 2.05) is 0 Å². The van der Waals surface area contributed by atoms with Crippen LogP contribution in [-0.4, -0.2) is 28.7 Å². The third kappa shape index (κ3) is 4.05. The van der Waals surface area contributed by atoms with Crippen LogP contribution in [0.25, 0.3) is 10.9 Å². The summed E-state index contributed by atoms with van der Waals surface area (Å²) in [4.78, 5) is 28.9. The first-order valence-corrected chi connectivity index (χ1v) is 8.40. The first-order valence-electron chi connectivity index (χ1n) is 8.40. The molecule has 0 aliphatic rings. The molecule has 0 saturated carbocycles. The fourth-order valence-electron chi connectivity index (χ4n) is 2.82. The van der Waals surface area contributed by atoms with Gasteiger partial charge in [0.25, 0.3) is 0 Å². The highest BCUT2D eigenvalue weighted by Crippen LogP contribution is 2.31. The molecule has 0 N–H and O–H groups in total. The van der Waals surface area contributed by atoms with Crippen LogP contribution in [0.15, 0.2) is 41.5 Å². The van der Waals surface area contributed by atoms with Gasteiger partial charge in [0.1, 0.15) is 5.56 Å². The van der Waals surface area contributed by atoms with Gasteiger partial charge in [-0.15, -0.1) is 0 Å². The molecule has 6 nitrogen and oxygen atoms in total. The van der Waals surface area contributed by atoms with Crippen LogP contribution in [0.5, 0.6) is 5.75 Å². The number of carbonyl (C=O) groups is 1. The van der Waals surface area contributed by atoms with E-state index in [-0.39, 0.29) is 13.2 Å². The zero-order valence-corrected chi connectivity index (χ0v) is 15.0. The lowest BCUT2D eigenvalue weighted by Gasteiger charge is -2.17. The minimum Gasteiger partial charge on any atom is -0.462 e. The number of hydrogen-bond donors (Lipinski definition) is 0. The van der Waals surface area contributed by atoms with Crippen molar-refractivity contribution >= 4 is 16.9 Å². The number of nitrogens with zero attached hydrogens (tertiary/aromatic N) is 2. The second-order valence-electron chi connectivity index (χ2n) is 5.82. The Labute approximate surface area is 161 Å². The van der Waals surface area contributed by atoms with Gasteiger partial charge in [-0.3, -0.25) is 9.78 Å². The number of ether oxygens (including phenoxy) is 2. The lowest BCUT2D eigenvalue weighted by molar-refractivity contribution is -0.0516. The summed E-state index contributed by atoms with van der Waals surface area (Å²) < 4.78 is 64.1. The number of halogens is 4. The summed E-state index contributed by atoms with van der Waals surface area (Å²) in [5.41, 5.74) is -1.51. The lowest BCUT2D eigenvalue weighted by Crippen LogP contribution is -2.22. The number of esters is 1. The SMILES string of the molecule is CCOC(=O)c1cn(Cc2ccccn2)c2c(OC(F)F)c(F)c(F)cc2c1=O. The van der Waals surface area contributed by atoms with E-state index >= 15 is 0 Å². The Kier molecular flexibility index (Phi) is 5.81. The second kappa shape index (κ2) is 8.29. The summed E-state index contributed by atoms with van der Waals surface area (Å²) in [6.07, 6.45) is 2.48. The normalized spacial score (nSPS) is 11.1. The Balaban J connectivity index is 2.36. The van der Waals surface area contributed by atoms with Crippen molar-refractivity contribution in [1.82, 2.24) is 9.55 Å². The van der Waals surface area contributed by atoms with Crippen LogP contribution in [0.4, 0.5) is 17.6 Å². The molecule has 0 radical (unpaired) electrons. The second-order valence-corrected chi connectivity index (χ2v) is 5.82. The van der Waals surface area contributed by atoms with Crippen molar-refractivity contribution in [3.63, 3.8) is 0 Å². The van der Waals surface area contributed by atoms with Crippen molar-refractivity contribution in [2.75, 3.05) is 6.61 Å². The van der Waals surface area contributed by atoms with E-state index in [4.69, 9.17) is 4.74 Å². The van der Waals surface area contributed by atoms with E-state index in [1.165, 1.54) is 13.1 Å². The van der Waals surface area contributed by atoms with Crippen LogP contribution in [0.1, 0.15) is 23.0 Å². The number of fused-ring (bicyclic) bond motifs is 1. The van der Waals surface area contributed by atoms with Gasteiger partial charge < -0.3 is 14.0 Å². The van der Waals surface area contributed by atoms with Gasteiger partial charge in [-0.2, -0.15) is 13.2 Å². The first-order chi connectivity index (χ1) is 13.8. The molecule has 0 saturated heterocycles. The quantitative estimate of drug-likeness (QED) is 0.460. The van der Waals surface area contributed by atoms with Crippen LogP contribution < -0.4 is 10.2 Å². The van der Waals surface area contributed by atoms with Crippen LogP contribution in [0.3, 0.4) is 0 Å². The Bertz CT molecular complexity index is 1120. The highest BCUT2D eigenvalue weighted by atomic mass is 19.3. The predicted octanol–water partition coefficient (Wildman–Crippen LogP) is 3.50. The third-order valence-corrected chi connectivity index (χ3v) is 3.97. The summed E-state index contributed by atoms with van der Waals surface area (Å²) in [5, 5.41) is -0.513. The number of benzene rings is 1. The summed E-state index contributed by atoms with van der Waals surface area (Å²) in [5.74, 6) is -5.39. The van der Waals surface area contributed by atoms with Gasteiger partial charge in [0.15, 0.2) is 11.6 Å². The van der Waals surface area contributed by atoms with E-state index in [0.717, 1.165) is 10.8 Å². The third-order valence-electron chi connectivity index (χ3n) is 3.97. The van der Waals surface area contributed by atoms with Crippen LogP contribution in [-0.2, 0) is 11.3 Å². The summed E-state index contributed by atoms with van der Waals surface area (Å²) in [6.45, 7) is -2.13. The Morgan fingerprint density at radius 2 is 2.03 bits per heavy atom. The molecular weight excluding hydrogens is 396 g/mol. The largest absolute Gasteiger partial charge is 0.462 e. The summed E-state index contributed by atoms with van der Waals surface area (Å²) in [6, 6.07) is 5.40. The monoisotopic (exact) mass is 410 g/mol. The molecule has 152 valence electrons. The van der Waals surface area contributed by atoms with Crippen molar-refractivity contribution < 1.29 is 31.8 Å². The predicted molar refractivity (Wildman–Crippen MR) is 94.1 cm³/mol. The smallest absolute Gasteiger partial charge is 0.387 e. The zero-order valence-electron chi connectivity index (χ0n) is 15.0. The molecule has 10 heteroatoms. The van der Waals surface area contributed by atoms with Gasteiger partial charge in [0, 0.05) is 12.4 Å². The molecule has 2 heterocycles. The highest BCUT2D eigenvalue weighted by molar-refractivity contribution is 5.95. The van der Waals surface area contributed by atoms with Crippen LogP contribution in [0, 0.1) is 11.6 Å². The molecule has 0 atom stereocenters. The number of hydrogen-bond acceptors (Lipinski definition) is 5. The molecule has 0 aliphatic carbocycles. The zero-order chi connectivity index (χ0) is 21.1. The summed E-state index contributed by atoms with van der Waals surface area (Å²) in [7, 11) is 0. The topological polar surface area (TPSA) is 70.4 Å². The fourth-order valence-corrected chi connectivity index (χ4v) is 2.82. The molecule has 3 rings (SSSR count). The van der Waals surface area contributed by atoms with Gasteiger partial charge in [-0.05, 0) is 25.1 Å². The lowest BCUT2D eigenvalue weighted by atomic mass is 10.1. The maximum absolute atomic E-state index is 14.3. The number of alkyl halides is 2. The van der Waals surface area contributed by atoms with Crippen molar-refractivity contribution in [2.24, 2.45) is 0 Å². The van der Waals surface area contributed by atoms with Gasteiger partial charge in [0.05, 0.1) is 29.7 Å². The van der Waals surface area contributed by atoms with Crippen molar-refractivity contribution in [3.05, 3.63) is 69.8 Å². The molecule has 3 aromatic rings. The van der Waals surface area contributed by atoms with Gasteiger partial charge in [-0.25, -0.2) is 9.18 Å². The number of pyridine rings is 2. The number of carbonyl (C=O) groups excluding carboxylic acids is 1. The van der Waals surface area contributed by atoms with Gasteiger partial charge >= 0.3 is 12.6 Å². The molecule has 0 spiro atoms. The molecule has 1 aromatic carbocycles. The van der Waals surface area contributed by atoms with E-state index in [1.54, 1.807) is 18.2 Å². The van der Waals surface area contributed by atoms with Gasteiger partial charge in [0.2, 0.25) is 11.2 Å². The molecule has 0 bridgehead atoms. The summed E-state index contributed by atoms with van der Waals surface area (Å²) >= 11 is 0. The minimum absolute atomic E-state index is 0.0337. The average Bonchev–Trinajstić information content (AvgIpc) is 2.68. The minimum atomic E-state index is -3.47. The van der Waals surface area contributed by atoms with Crippen LogP contribution >= 0.6 is 0 Å². The number of rotatable bonds is 6. The van der Waals surface area contributed by atoms with E-state index in [9.17, 15) is 27.2 Å². The standard InChI is InChI=1S/C19H14F4N2O4/c1-2-28-18(27)12-9-25(8-10-5-3-4-6-24-10)15-11(16(12)26)7-13(20)14(21)17(15)29-19(22)23/h3-7,9,19H,2,8H2,1H3. The molecule has 29 heavy (non-hydrogen) atoms. The van der Waals surface area contributed by atoms with Crippen molar-refractivity contribution in [3.8, 4) is 5.75 Å². The molecule has 0 aliphatic heterocycles. The number of aromatic nitrogens is 2. The van der Waals surface area contributed by atoms with E-state index < -0.39 is 51.9 Å². The average molecular weight is 410 g/mol. The van der Waals surface area contributed by atoms with E-state index in [0.29, 0.717) is 11.8 Å². The fraction of sp³-hybridized carbons (Fsp3) is 0.211. The van der Waals surface area contributed by atoms with E-state index in [2.05, 4.69) is 9.72 Å².